The first-order valence-corrected chi connectivity index (χ1v) is 11.6. The largest absolute Gasteiger partial charge is 0.496 e. The van der Waals surface area contributed by atoms with Gasteiger partial charge in [0.1, 0.15) is 5.75 Å². The van der Waals surface area contributed by atoms with Crippen molar-refractivity contribution < 1.29 is 17.9 Å². The zero-order valence-corrected chi connectivity index (χ0v) is 18.5. The van der Waals surface area contributed by atoms with Gasteiger partial charge in [0.15, 0.2) is 9.84 Å². The summed E-state index contributed by atoms with van der Waals surface area (Å²) in [7, 11) is 0.400. The summed E-state index contributed by atoms with van der Waals surface area (Å²) in [5.74, 6) is 1.04. The second-order valence-corrected chi connectivity index (χ2v) is 10.1. The lowest BCUT2D eigenvalue weighted by Crippen LogP contribution is -2.28. The molecule has 1 saturated heterocycles. The summed E-state index contributed by atoms with van der Waals surface area (Å²) in [5.41, 5.74) is 4.68. The van der Waals surface area contributed by atoms with Gasteiger partial charge in [0.05, 0.1) is 36.8 Å². The highest BCUT2D eigenvalue weighted by Crippen LogP contribution is 2.27. The predicted octanol–water partition coefficient (Wildman–Crippen LogP) is 2.38. The quantitative estimate of drug-likeness (QED) is 0.718. The molecule has 3 rings (SSSR count). The van der Waals surface area contributed by atoms with Crippen LogP contribution in [0.4, 0.5) is 0 Å². The van der Waals surface area contributed by atoms with Gasteiger partial charge in [-0.2, -0.15) is 5.10 Å². The van der Waals surface area contributed by atoms with Crippen LogP contribution in [0.1, 0.15) is 40.5 Å². The van der Waals surface area contributed by atoms with Gasteiger partial charge in [-0.3, -0.25) is 9.48 Å². The SMILES string of the molecule is COc1ccc(C)cc1CC(=O)N(C)Cc1c(C)nn([C@H]2CCS(=O)(=O)C2)c1C. The minimum atomic E-state index is -2.98. The number of aromatic nitrogens is 2. The van der Waals surface area contributed by atoms with Crippen molar-refractivity contribution in [2.45, 2.75) is 46.2 Å². The topological polar surface area (TPSA) is 81.5 Å². The Morgan fingerprint density at radius 3 is 2.66 bits per heavy atom. The number of hydrogen-bond acceptors (Lipinski definition) is 5. The number of carbonyl (C=O) groups is 1. The Hall–Kier alpha value is -2.35. The van der Waals surface area contributed by atoms with Gasteiger partial charge in [0.2, 0.25) is 5.91 Å². The van der Waals surface area contributed by atoms with Crippen LogP contribution in [0.5, 0.6) is 5.75 Å². The summed E-state index contributed by atoms with van der Waals surface area (Å²) >= 11 is 0. The number of sulfone groups is 1. The van der Waals surface area contributed by atoms with Gasteiger partial charge in [0.25, 0.3) is 0 Å². The monoisotopic (exact) mass is 419 g/mol. The van der Waals surface area contributed by atoms with Gasteiger partial charge in [-0.05, 0) is 33.3 Å². The van der Waals surface area contributed by atoms with E-state index in [-0.39, 0.29) is 29.9 Å². The molecule has 8 heteroatoms. The van der Waals surface area contributed by atoms with E-state index in [1.165, 1.54) is 0 Å². The molecular formula is C21H29N3O4S. The maximum absolute atomic E-state index is 12.8. The molecule has 1 aliphatic heterocycles. The highest BCUT2D eigenvalue weighted by Gasteiger charge is 2.31. The van der Waals surface area contributed by atoms with Crippen LogP contribution in [0, 0.1) is 20.8 Å². The van der Waals surface area contributed by atoms with E-state index in [1.807, 2.05) is 43.7 Å². The van der Waals surface area contributed by atoms with Gasteiger partial charge in [-0.15, -0.1) is 0 Å². The summed E-state index contributed by atoms with van der Waals surface area (Å²) in [6.45, 7) is 6.28. The smallest absolute Gasteiger partial charge is 0.227 e. The minimum absolute atomic E-state index is 0.0103. The lowest BCUT2D eigenvalue weighted by atomic mass is 10.1. The summed E-state index contributed by atoms with van der Waals surface area (Å²) in [6, 6.07) is 5.69. The zero-order chi connectivity index (χ0) is 21.3. The number of nitrogens with zero attached hydrogens (tertiary/aromatic N) is 3. The fourth-order valence-corrected chi connectivity index (χ4v) is 5.61. The van der Waals surface area contributed by atoms with Gasteiger partial charge in [0, 0.05) is 30.4 Å². The molecule has 29 heavy (non-hydrogen) atoms. The number of benzene rings is 1. The molecule has 1 aromatic heterocycles. The van der Waals surface area contributed by atoms with Crippen molar-refractivity contribution in [3.8, 4) is 5.75 Å². The van der Waals surface area contributed by atoms with Crippen molar-refractivity contribution in [1.29, 1.82) is 0 Å². The van der Waals surface area contributed by atoms with Crippen LogP contribution in [-0.4, -0.2) is 54.7 Å². The minimum Gasteiger partial charge on any atom is -0.496 e. The zero-order valence-electron chi connectivity index (χ0n) is 17.7. The Bertz CT molecular complexity index is 1030. The molecule has 2 aromatic rings. The van der Waals surface area contributed by atoms with Crippen molar-refractivity contribution in [1.82, 2.24) is 14.7 Å². The molecule has 0 N–H and O–H groups in total. The third kappa shape index (κ3) is 4.63. The lowest BCUT2D eigenvalue weighted by molar-refractivity contribution is -0.129. The van der Waals surface area contributed by atoms with Crippen molar-refractivity contribution in [2.75, 3.05) is 25.7 Å². The van der Waals surface area contributed by atoms with Crippen molar-refractivity contribution in [3.05, 3.63) is 46.3 Å². The van der Waals surface area contributed by atoms with E-state index in [1.54, 1.807) is 19.1 Å². The second kappa shape index (κ2) is 8.18. The third-order valence-corrected chi connectivity index (χ3v) is 7.38. The van der Waals surface area contributed by atoms with Crippen LogP contribution in [0.3, 0.4) is 0 Å². The Labute approximate surface area is 172 Å². The van der Waals surface area contributed by atoms with E-state index in [0.717, 1.165) is 28.1 Å². The van der Waals surface area contributed by atoms with Crippen molar-refractivity contribution in [2.24, 2.45) is 0 Å². The Balaban J connectivity index is 1.75. The van der Waals surface area contributed by atoms with Crippen molar-refractivity contribution >= 4 is 15.7 Å². The standard InChI is InChI=1S/C21H29N3O4S/c1-14-6-7-20(28-5)17(10-14)11-21(25)23(4)12-19-15(2)22-24(16(19)3)18-8-9-29(26,27)13-18/h6-7,10,18H,8-9,11-13H2,1-5H3/t18-/m0/s1. The van der Waals surface area contributed by atoms with E-state index in [4.69, 9.17) is 4.74 Å². The van der Waals surface area contributed by atoms with E-state index >= 15 is 0 Å². The number of ether oxygens (including phenoxy) is 1. The van der Waals surface area contributed by atoms with Crippen LogP contribution in [0.15, 0.2) is 18.2 Å². The highest BCUT2D eigenvalue weighted by molar-refractivity contribution is 7.91. The Kier molecular flexibility index (Phi) is 6.03. The fourth-order valence-electron chi connectivity index (χ4n) is 3.92. The summed E-state index contributed by atoms with van der Waals surface area (Å²) in [6.07, 6.45) is 0.847. The molecule has 0 bridgehead atoms. The normalized spacial score (nSPS) is 18.0. The second-order valence-electron chi connectivity index (χ2n) is 7.89. The predicted molar refractivity (Wildman–Crippen MR) is 112 cm³/mol. The molecule has 1 amide bonds. The average molecular weight is 420 g/mol. The molecule has 0 spiro atoms. The Morgan fingerprint density at radius 1 is 1.31 bits per heavy atom. The maximum Gasteiger partial charge on any atom is 0.227 e. The number of methoxy groups -OCH3 is 1. The summed E-state index contributed by atoms with van der Waals surface area (Å²) < 4.78 is 30.9. The number of rotatable bonds is 6. The van der Waals surface area contributed by atoms with Gasteiger partial charge in [-0.1, -0.05) is 17.7 Å². The number of amides is 1. The number of aryl methyl sites for hydroxylation is 2. The van der Waals surface area contributed by atoms with Gasteiger partial charge < -0.3 is 9.64 Å². The maximum atomic E-state index is 12.8. The molecular weight excluding hydrogens is 390 g/mol. The van der Waals surface area contributed by atoms with E-state index < -0.39 is 9.84 Å². The molecule has 0 aliphatic carbocycles. The van der Waals surface area contributed by atoms with Crippen LogP contribution in [0.2, 0.25) is 0 Å². The van der Waals surface area contributed by atoms with Crippen LogP contribution < -0.4 is 4.74 Å². The van der Waals surface area contributed by atoms with E-state index in [2.05, 4.69) is 5.10 Å². The molecule has 1 fully saturated rings. The average Bonchev–Trinajstić information content (AvgIpc) is 3.15. The summed E-state index contributed by atoms with van der Waals surface area (Å²) in [5, 5.41) is 4.59. The molecule has 1 aliphatic rings. The highest BCUT2D eigenvalue weighted by atomic mass is 32.2. The molecule has 2 heterocycles. The third-order valence-electron chi connectivity index (χ3n) is 5.63. The molecule has 1 atom stereocenters. The fraction of sp³-hybridized carbons (Fsp3) is 0.524. The lowest BCUT2D eigenvalue weighted by Gasteiger charge is -2.19. The molecule has 1 aromatic carbocycles. The Morgan fingerprint density at radius 2 is 2.03 bits per heavy atom. The first-order chi connectivity index (χ1) is 13.6. The number of likely N-dealkylation sites (N-methyl/N-ethyl adjacent to an activating group) is 1. The van der Waals surface area contributed by atoms with E-state index in [0.29, 0.717) is 18.7 Å². The van der Waals surface area contributed by atoms with E-state index in [9.17, 15) is 13.2 Å². The van der Waals surface area contributed by atoms with Gasteiger partial charge >= 0.3 is 0 Å². The van der Waals surface area contributed by atoms with Gasteiger partial charge in [-0.25, -0.2) is 8.42 Å². The molecule has 0 radical (unpaired) electrons. The molecule has 0 saturated carbocycles. The molecule has 158 valence electrons. The van der Waals surface area contributed by atoms with Crippen LogP contribution in [-0.2, 0) is 27.6 Å². The molecule has 7 nitrogen and oxygen atoms in total. The first kappa shape index (κ1) is 21.4. The van der Waals surface area contributed by atoms with Crippen LogP contribution in [0.25, 0.3) is 0 Å². The number of hydrogen-bond donors (Lipinski definition) is 0. The van der Waals surface area contributed by atoms with Crippen molar-refractivity contribution in [3.63, 3.8) is 0 Å². The summed E-state index contributed by atoms with van der Waals surface area (Å²) in [4.78, 5) is 14.5. The number of carbonyl (C=O) groups excluding carboxylic acids is 1. The molecule has 0 unspecified atom stereocenters. The van der Waals surface area contributed by atoms with Crippen LogP contribution >= 0.6 is 0 Å². The first-order valence-electron chi connectivity index (χ1n) is 9.73.